The number of hydrogen-bond donors (Lipinski definition) is 1. The molecule has 0 bridgehead atoms. The standard InChI is InChI=1S/C15H21ClN2/c1-2-3-7-15(18-10-8-17-9-11-18)13-5-4-6-14(16)12-13/h2,4-6,12,15,17H,1,3,7-11H2/t15-/m1/s1. The van der Waals surface area contributed by atoms with Crippen LogP contribution in [0, 0.1) is 0 Å². The summed E-state index contributed by atoms with van der Waals surface area (Å²) >= 11 is 6.11. The Bertz CT molecular complexity index is 386. The average Bonchev–Trinajstić information content (AvgIpc) is 2.40. The molecule has 0 unspecified atom stereocenters. The molecule has 0 saturated carbocycles. The number of piperazine rings is 1. The Morgan fingerprint density at radius 2 is 2.17 bits per heavy atom. The molecule has 3 heteroatoms. The third-order valence-electron chi connectivity index (χ3n) is 3.47. The van der Waals surface area contributed by atoms with Gasteiger partial charge in [-0.25, -0.2) is 0 Å². The molecular weight excluding hydrogens is 244 g/mol. The topological polar surface area (TPSA) is 15.3 Å². The predicted molar refractivity (Wildman–Crippen MR) is 78.1 cm³/mol. The molecule has 18 heavy (non-hydrogen) atoms. The number of nitrogens with zero attached hydrogens (tertiary/aromatic N) is 1. The Balaban J connectivity index is 2.15. The van der Waals surface area contributed by atoms with E-state index in [4.69, 9.17) is 11.6 Å². The van der Waals surface area contributed by atoms with Crippen molar-refractivity contribution in [1.82, 2.24) is 10.2 Å². The normalized spacial score (nSPS) is 18.5. The Kier molecular flexibility index (Phi) is 5.24. The predicted octanol–water partition coefficient (Wildman–Crippen LogP) is 3.25. The van der Waals surface area contributed by atoms with Crippen LogP contribution in [0.25, 0.3) is 0 Å². The lowest BCUT2D eigenvalue weighted by Gasteiger charge is -2.35. The Labute approximate surface area is 115 Å². The third-order valence-corrected chi connectivity index (χ3v) is 3.71. The van der Waals surface area contributed by atoms with Crippen LogP contribution in [-0.4, -0.2) is 31.1 Å². The van der Waals surface area contributed by atoms with Gasteiger partial charge in [-0.15, -0.1) is 6.58 Å². The molecular formula is C15H21ClN2. The van der Waals surface area contributed by atoms with Gasteiger partial charge in [0, 0.05) is 37.2 Å². The van der Waals surface area contributed by atoms with Crippen LogP contribution in [-0.2, 0) is 0 Å². The summed E-state index contributed by atoms with van der Waals surface area (Å²) < 4.78 is 0. The maximum absolute atomic E-state index is 6.11. The van der Waals surface area contributed by atoms with Crippen LogP contribution in [0.5, 0.6) is 0 Å². The summed E-state index contributed by atoms with van der Waals surface area (Å²) in [5.74, 6) is 0. The van der Waals surface area contributed by atoms with Gasteiger partial charge in [-0.05, 0) is 30.5 Å². The van der Waals surface area contributed by atoms with Crippen molar-refractivity contribution >= 4 is 11.6 Å². The van der Waals surface area contributed by atoms with E-state index in [9.17, 15) is 0 Å². The minimum absolute atomic E-state index is 0.462. The first-order chi connectivity index (χ1) is 8.81. The van der Waals surface area contributed by atoms with Crippen LogP contribution in [0.2, 0.25) is 5.02 Å². The largest absolute Gasteiger partial charge is 0.314 e. The van der Waals surface area contributed by atoms with Crippen molar-refractivity contribution in [1.29, 1.82) is 0 Å². The van der Waals surface area contributed by atoms with Crippen LogP contribution in [0.3, 0.4) is 0 Å². The lowest BCUT2D eigenvalue weighted by molar-refractivity contribution is 0.166. The summed E-state index contributed by atoms with van der Waals surface area (Å²) in [6, 6.07) is 8.72. The molecule has 1 aromatic rings. The van der Waals surface area contributed by atoms with E-state index in [1.165, 1.54) is 5.56 Å². The maximum Gasteiger partial charge on any atom is 0.0409 e. The van der Waals surface area contributed by atoms with Crippen molar-refractivity contribution in [3.63, 3.8) is 0 Å². The smallest absolute Gasteiger partial charge is 0.0409 e. The number of benzene rings is 1. The molecule has 1 fully saturated rings. The van der Waals surface area contributed by atoms with E-state index in [0.717, 1.165) is 44.0 Å². The highest BCUT2D eigenvalue weighted by Crippen LogP contribution is 2.28. The van der Waals surface area contributed by atoms with Crippen molar-refractivity contribution < 1.29 is 0 Å². The first kappa shape index (κ1) is 13.6. The summed E-state index contributed by atoms with van der Waals surface area (Å²) in [5.41, 5.74) is 1.33. The molecule has 2 nitrogen and oxygen atoms in total. The summed E-state index contributed by atoms with van der Waals surface area (Å²) in [6.07, 6.45) is 4.16. The average molecular weight is 265 g/mol. The van der Waals surface area contributed by atoms with Gasteiger partial charge in [0.1, 0.15) is 0 Å². The van der Waals surface area contributed by atoms with E-state index >= 15 is 0 Å². The number of rotatable bonds is 5. The number of hydrogen-bond acceptors (Lipinski definition) is 2. The molecule has 98 valence electrons. The van der Waals surface area contributed by atoms with Crippen LogP contribution in [0.1, 0.15) is 24.4 Å². The van der Waals surface area contributed by atoms with Gasteiger partial charge >= 0.3 is 0 Å². The van der Waals surface area contributed by atoms with E-state index < -0.39 is 0 Å². The van der Waals surface area contributed by atoms with Crippen molar-refractivity contribution in [2.45, 2.75) is 18.9 Å². The zero-order valence-corrected chi connectivity index (χ0v) is 11.5. The van der Waals surface area contributed by atoms with Gasteiger partial charge in [0.2, 0.25) is 0 Å². The van der Waals surface area contributed by atoms with Crippen molar-refractivity contribution in [2.24, 2.45) is 0 Å². The zero-order valence-electron chi connectivity index (χ0n) is 10.7. The van der Waals surface area contributed by atoms with E-state index in [1.54, 1.807) is 0 Å². The minimum Gasteiger partial charge on any atom is -0.314 e. The van der Waals surface area contributed by atoms with Gasteiger partial charge in [0.15, 0.2) is 0 Å². The second-order valence-electron chi connectivity index (χ2n) is 4.72. The monoisotopic (exact) mass is 264 g/mol. The van der Waals surface area contributed by atoms with Crippen molar-refractivity contribution in [2.75, 3.05) is 26.2 Å². The summed E-state index contributed by atoms with van der Waals surface area (Å²) in [6.45, 7) is 8.19. The molecule has 1 heterocycles. The van der Waals surface area contributed by atoms with Crippen molar-refractivity contribution in [3.8, 4) is 0 Å². The van der Waals surface area contributed by atoms with Gasteiger partial charge in [-0.3, -0.25) is 4.90 Å². The zero-order chi connectivity index (χ0) is 12.8. The summed E-state index contributed by atoms with van der Waals surface area (Å²) in [5, 5.41) is 4.23. The van der Waals surface area contributed by atoms with Crippen molar-refractivity contribution in [3.05, 3.63) is 47.5 Å². The van der Waals surface area contributed by atoms with E-state index in [1.807, 2.05) is 18.2 Å². The maximum atomic E-state index is 6.11. The quantitative estimate of drug-likeness (QED) is 0.822. The SMILES string of the molecule is C=CCC[C@H](c1cccc(Cl)c1)N1CCNCC1. The van der Waals surface area contributed by atoms with E-state index in [0.29, 0.717) is 6.04 Å². The molecule has 1 aliphatic heterocycles. The van der Waals surface area contributed by atoms with Gasteiger partial charge < -0.3 is 5.32 Å². The second kappa shape index (κ2) is 6.93. The summed E-state index contributed by atoms with van der Waals surface area (Å²) in [7, 11) is 0. The first-order valence-electron chi connectivity index (χ1n) is 6.62. The molecule has 0 spiro atoms. The summed E-state index contributed by atoms with van der Waals surface area (Å²) in [4.78, 5) is 2.55. The molecule has 1 N–H and O–H groups in total. The molecule has 1 saturated heterocycles. The minimum atomic E-state index is 0.462. The van der Waals surface area contributed by atoms with Crippen LogP contribution in [0.4, 0.5) is 0 Å². The fourth-order valence-electron chi connectivity index (χ4n) is 2.54. The fraction of sp³-hybridized carbons (Fsp3) is 0.467. The molecule has 1 atom stereocenters. The number of allylic oxidation sites excluding steroid dienone is 1. The highest BCUT2D eigenvalue weighted by Gasteiger charge is 2.21. The highest BCUT2D eigenvalue weighted by atomic mass is 35.5. The molecule has 2 rings (SSSR count). The molecule has 0 aromatic heterocycles. The van der Waals surface area contributed by atoms with Gasteiger partial charge in [0.05, 0.1) is 0 Å². The fourth-order valence-corrected chi connectivity index (χ4v) is 2.74. The van der Waals surface area contributed by atoms with Gasteiger partial charge in [0.25, 0.3) is 0 Å². The van der Waals surface area contributed by atoms with E-state index in [2.05, 4.69) is 28.9 Å². The lowest BCUT2D eigenvalue weighted by Crippen LogP contribution is -2.45. The molecule has 0 aliphatic carbocycles. The van der Waals surface area contributed by atoms with Crippen LogP contribution >= 0.6 is 11.6 Å². The molecule has 1 aliphatic rings. The van der Waals surface area contributed by atoms with Gasteiger partial charge in [-0.1, -0.05) is 29.8 Å². The van der Waals surface area contributed by atoms with Gasteiger partial charge in [-0.2, -0.15) is 0 Å². The Hall–Kier alpha value is -0.830. The molecule has 0 amide bonds. The third kappa shape index (κ3) is 3.58. The Morgan fingerprint density at radius 3 is 2.83 bits per heavy atom. The lowest BCUT2D eigenvalue weighted by atomic mass is 9.99. The second-order valence-corrected chi connectivity index (χ2v) is 5.16. The van der Waals surface area contributed by atoms with Crippen LogP contribution < -0.4 is 5.32 Å². The van der Waals surface area contributed by atoms with Crippen LogP contribution in [0.15, 0.2) is 36.9 Å². The number of halogens is 1. The first-order valence-corrected chi connectivity index (χ1v) is 7.00. The Morgan fingerprint density at radius 1 is 1.39 bits per heavy atom. The van der Waals surface area contributed by atoms with E-state index in [-0.39, 0.29) is 0 Å². The highest BCUT2D eigenvalue weighted by molar-refractivity contribution is 6.30. The number of nitrogens with one attached hydrogen (secondary N) is 1. The molecule has 0 radical (unpaired) electrons. The molecule has 1 aromatic carbocycles.